The van der Waals surface area contributed by atoms with Crippen LogP contribution in [0, 0.1) is 11.7 Å². The SMILES string of the molecule is CN(C)C1(c2cccc(F)c2)CCC(C(N)=O)CC1. The number of hydrogen-bond donors (Lipinski definition) is 1. The Balaban J connectivity index is 2.29. The molecule has 1 aromatic rings. The summed E-state index contributed by atoms with van der Waals surface area (Å²) < 4.78 is 13.5. The molecule has 3 nitrogen and oxygen atoms in total. The molecule has 19 heavy (non-hydrogen) atoms. The van der Waals surface area contributed by atoms with E-state index in [9.17, 15) is 9.18 Å². The fraction of sp³-hybridized carbons (Fsp3) is 0.533. The van der Waals surface area contributed by atoms with E-state index in [0.717, 1.165) is 31.2 Å². The standard InChI is InChI=1S/C15H21FN2O/c1-18(2)15(12-4-3-5-13(16)10-12)8-6-11(7-9-15)14(17)19/h3-5,10-11H,6-9H2,1-2H3,(H2,17,19). The van der Waals surface area contributed by atoms with Crippen molar-refractivity contribution in [2.45, 2.75) is 31.2 Å². The van der Waals surface area contributed by atoms with Gasteiger partial charge in [0.05, 0.1) is 0 Å². The van der Waals surface area contributed by atoms with Crippen molar-refractivity contribution < 1.29 is 9.18 Å². The molecular formula is C15H21FN2O. The Kier molecular flexibility index (Phi) is 3.90. The van der Waals surface area contributed by atoms with Gasteiger partial charge in [-0.15, -0.1) is 0 Å². The van der Waals surface area contributed by atoms with Crippen LogP contribution < -0.4 is 5.73 Å². The first kappa shape index (κ1) is 14.0. The van der Waals surface area contributed by atoms with Gasteiger partial charge < -0.3 is 5.73 Å². The molecule has 0 heterocycles. The van der Waals surface area contributed by atoms with Crippen LogP contribution in [0.3, 0.4) is 0 Å². The minimum Gasteiger partial charge on any atom is -0.369 e. The maximum Gasteiger partial charge on any atom is 0.220 e. The number of benzene rings is 1. The summed E-state index contributed by atoms with van der Waals surface area (Å²) in [4.78, 5) is 13.4. The second kappa shape index (κ2) is 5.29. The van der Waals surface area contributed by atoms with Crippen LogP contribution in [0.25, 0.3) is 0 Å². The number of carbonyl (C=O) groups is 1. The normalized spacial score (nSPS) is 27.5. The van der Waals surface area contributed by atoms with Crippen LogP contribution in [0.4, 0.5) is 4.39 Å². The van der Waals surface area contributed by atoms with Crippen molar-refractivity contribution in [1.82, 2.24) is 4.90 Å². The van der Waals surface area contributed by atoms with Crippen molar-refractivity contribution in [2.24, 2.45) is 11.7 Å². The number of halogens is 1. The zero-order valence-corrected chi connectivity index (χ0v) is 11.5. The summed E-state index contributed by atoms with van der Waals surface area (Å²) in [5.74, 6) is -0.469. The van der Waals surface area contributed by atoms with Gasteiger partial charge in [-0.3, -0.25) is 9.69 Å². The quantitative estimate of drug-likeness (QED) is 0.910. The number of hydrogen-bond acceptors (Lipinski definition) is 2. The summed E-state index contributed by atoms with van der Waals surface area (Å²) in [5.41, 5.74) is 6.18. The van der Waals surface area contributed by atoms with Crippen molar-refractivity contribution in [3.63, 3.8) is 0 Å². The lowest BCUT2D eigenvalue weighted by Crippen LogP contribution is -2.46. The van der Waals surface area contributed by atoms with Crippen molar-refractivity contribution in [1.29, 1.82) is 0 Å². The van der Waals surface area contributed by atoms with Gasteiger partial charge in [0.1, 0.15) is 5.82 Å². The number of amides is 1. The fourth-order valence-corrected chi connectivity index (χ4v) is 3.15. The van der Waals surface area contributed by atoms with Gasteiger partial charge in [-0.2, -0.15) is 0 Å². The summed E-state index contributed by atoms with van der Waals surface area (Å²) in [6, 6.07) is 6.77. The lowest BCUT2D eigenvalue weighted by atomic mass is 9.72. The third kappa shape index (κ3) is 2.63. The highest BCUT2D eigenvalue weighted by Gasteiger charge is 2.40. The van der Waals surface area contributed by atoms with Crippen LogP contribution >= 0.6 is 0 Å². The van der Waals surface area contributed by atoms with Gasteiger partial charge in [-0.05, 0) is 57.5 Å². The molecule has 1 fully saturated rings. The van der Waals surface area contributed by atoms with Gasteiger partial charge in [-0.1, -0.05) is 12.1 Å². The van der Waals surface area contributed by atoms with Gasteiger partial charge in [0.25, 0.3) is 0 Å². The third-order valence-electron chi connectivity index (χ3n) is 4.43. The molecule has 0 atom stereocenters. The Morgan fingerprint density at radius 2 is 2.00 bits per heavy atom. The van der Waals surface area contributed by atoms with E-state index >= 15 is 0 Å². The third-order valence-corrected chi connectivity index (χ3v) is 4.43. The molecule has 0 saturated heterocycles. The van der Waals surface area contributed by atoms with Gasteiger partial charge in [0.15, 0.2) is 0 Å². The van der Waals surface area contributed by atoms with E-state index < -0.39 is 0 Å². The van der Waals surface area contributed by atoms with E-state index in [1.54, 1.807) is 12.1 Å². The van der Waals surface area contributed by atoms with E-state index in [4.69, 9.17) is 5.73 Å². The predicted molar refractivity (Wildman–Crippen MR) is 72.9 cm³/mol. The summed E-state index contributed by atoms with van der Waals surface area (Å²) in [6.45, 7) is 0. The summed E-state index contributed by atoms with van der Waals surface area (Å²) >= 11 is 0. The highest BCUT2D eigenvalue weighted by molar-refractivity contribution is 5.76. The van der Waals surface area contributed by atoms with Gasteiger partial charge in [-0.25, -0.2) is 4.39 Å². The number of rotatable bonds is 3. The Labute approximate surface area is 113 Å². The monoisotopic (exact) mass is 264 g/mol. The van der Waals surface area contributed by atoms with Gasteiger partial charge in [0.2, 0.25) is 5.91 Å². The molecule has 0 unspecified atom stereocenters. The molecule has 0 spiro atoms. The molecule has 104 valence electrons. The number of primary amides is 1. The zero-order valence-electron chi connectivity index (χ0n) is 11.5. The Morgan fingerprint density at radius 1 is 1.37 bits per heavy atom. The molecular weight excluding hydrogens is 243 g/mol. The van der Waals surface area contributed by atoms with Crippen LogP contribution in [-0.4, -0.2) is 24.9 Å². The highest BCUT2D eigenvalue weighted by atomic mass is 19.1. The Bertz CT molecular complexity index is 465. The number of carbonyl (C=O) groups excluding carboxylic acids is 1. The van der Waals surface area contributed by atoms with Gasteiger partial charge >= 0.3 is 0 Å². The van der Waals surface area contributed by atoms with Crippen LogP contribution in [0.5, 0.6) is 0 Å². The molecule has 0 radical (unpaired) electrons. The molecule has 0 aliphatic heterocycles. The number of nitrogens with two attached hydrogens (primary N) is 1. The van der Waals surface area contributed by atoms with Crippen molar-refractivity contribution in [3.8, 4) is 0 Å². The lowest BCUT2D eigenvalue weighted by molar-refractivity contribution is -0.123. The average Bonchev–Trinajstić information content (AvgIpc) is 2.38. The minimum atomic E-state index is -0.216. The zero-order chi connectivity index (χ0) is 14.0. The lowest BCUT2D eigenvalue weighted by Gasteiger charge is -2.45. The van der Waals surface area contributed by atoms with E-state index in [-0.39, 0.29) is 23.2 Å². The maximum absolute atomic E-state index is 13.5. The second-order valence-electron chi connectivity index (χ2n) is 5.61. The average molecular weight is 264 g/mol. The highest BCUT2D eigenvalue weighted by Crippen LogP contribution is 2.43. The summed E-state index contributed by atoms with van der Waals surface area (Å²) in [5, 5.41) is 0. The van der Waals surface area contributed by atoms with Crippen LogP contribution in [-0.2, 0) is 10.3 Å². The Morgan fingerprint density at radius 3 is 2.47 bits per heavy atom. The first-order valence-electron chi connectivity index (χ1n) is 6.68. The number of nitrogens with zero attached hydrogens (tertiary/aromatic N) is 1. The predicted octanol–water partition coefficient (Wildman–Crippen LogP) is 2.26. The molecule has 1 saturated carbocycles. The molecule has 1 aliphatic rings. The minimum absolute atomic E-state index is 0.0402. The van der Waals surface area contributed by atoms with Crippen LogP contribution in [0.1, 0.15) is 31.2 Å². The van der Waals surface area contributed by atoms with Gasteiger partial charge in [0, 0.05) is 11.5 Å². The first-order chi connectivity index (χ1) is 8.95. The Hall–Kier alpha value is -1.42. The van der Waals surface area contributed by atoms with Crippen molar-refractivity contribution in [3.05, 3.63) is 35.6 Å². The molecule has 4 heteroatoms. The molecule has 2 rings (SSSR count). The van der Waals surface area contributed by atoms with E-state index in [2.05, 4.69) is 4.90 Å². The topological polar surface area (TPSA) is 46.3 Å². The van der Waals surface area contributed by atoms with E-state index in [0.29, 0.717) is 0 Å². The largest absolute Gasteiger partial charge is 0.369 e. The van der Waals surface area contributed by atoms with Crippen LogP contribution in [0.2, 0.25) is 0 Å². The van der Waals surface area contributed by atoms with Crippen LogP contribution in [0.15, 0.2) is 24.3 Å². The smallest absolute Gasteiger partial charge is 0.220 e. The molecule has 0 aromatic heterocycles. The molecule has 1 amide bonds. The molecule has 2 N–H and O–H groups in total. The molecule has 0 bridgehead atoms. The summed E-state index contributed by atoms with van der Waals surface area (Å²) in [6.07, 6.45) is 3.20. The fourth-order valence-electron chi connectivity index (χ4n) is 3.15. The maximum atomic E-state index is 13.5. The molecule has 1 aromatic carbocycles. The summed E-state index contributed by atoms with van der Waals surface area (Å²) in [7, 11) is 4.02. The van der Waals surface area contributed by atoms with E-state index in [1.807, 2.05) is 20.2 Å². The molecule has 1 aliphatic carbocycles. The first-order valence-corrected chi connectivity index (χ1v) is 6.68. The second-order valence-corrected chi connectivity index (χ2v) is 5.61. The van der Waals surface area contributed by atoms with Crippen molar-refractivity contribution >= 4 is 5.91 Å². The van der Waals surface area contributed by atoms with E-state index in [1.165, 1.54) is 6.07 Å². The van der Waals surface area contributed by atoms with Crippen molar-refractivity contribution in [2.75, 3.05) is 14.1 Å².